The molecule has 0 aromatic carbocycles. The Labute approximate surface area is 78.5 Å². The molecule has 0 saturated carbocycles. The molecule has 1 rings (SSSR count). The minimum atomic E-state index is -3.03. The average molecular weight is 208 g/mol. The third-order valence-electron chi connectivity index (χ3n) is 1.45. The fraction of sp³-hybridized carbons (Fsp3) is 0.571. The number of rotatable bonds is 4. The molecule has 2 N–H and O–H groups in total. The topological polar surface area (TPSA) is 48.1 Å². The predicted molar refractivity (Wildman–Crippen MR) is 45.8 cm³/mol. The van der Waals surface area contributed by atoms with Crippen molar-refractivity contribution < 1.29 is 13.5 Å². The van der Waals surface area contributed by atoms with Crippen LogP contribution in [0.2, 0.25) is 0 Å². The van der Waals surface area contributed by atoms with Gasteiger partial charge in [-0.25, -0.2) is 4.98 Å². The summed E-state index contributed by atoms with van der Waals surface area (Å²) in [6, 6.07) is 0. The number of methoxy groups -OCH3 is 1. The highest BCUT2D eigenvalue weighted by molar-refractivity contribution is 7.09. The van der Waals surface area contributed by atoms with Crippen LogP contribution in [-0.2, 0) is 17.3 Å². The minimum absolute atomic E-state index is 0.255. The number of ether oxygens (including phenoxy) is 1. The van der Waals surface area contributed by atoms with Gasteiger partial charge in [0.25, 0.3) is 0 Å². The molecule has 0 aliphatic rings. The van der Waals surface area contributed by atoms with Gasteiger partial charge in [0.1, 0.15) is 10.7 Å². The summed E-state index contributed by atoms with van der Waals surface area (Å²) in [5.41, 5.74) is 4.63. The van der Waals surface area contributed by atoms with Crippen LogP contribution >= 0.6 is 11.3 Å². The van der Waals surface area contributed by atoms with E-state index in [4.69, 9.17) is 10.5 Å². The van der Waals surface area contributed by atoms with Gasteiger partial charge in [0.05, 0.1) is 13.2 Å². The van der Waals surface area contributed by atoms with Crippen molar-refractivity contribution in [1.29, 1.82) is 0 Å². The van der Waals surface area contributed by atoms with Crippen LogP contribution in [0.1, 0.15) is 10.7 Å². The molecule has 0 unspecified atom stereocenters. The molecular weight excluding hydrogens is 198 g/mol. The van der Waals surface area contributed by atoms with Gasteiger partial charge in [-0.2, -0.15) is 8.78 Å². The Morgan fingerprint density at radius 1 is 1.69 bits per heavy atom. The molecule has 0 bridgehead atoms. The summed E-state index contributed by atoms with van der Waals surface area (Å²) in [7, 11) is 1.49. The van der Waals surface area contributed by atoms with Crippen LogP contribution in [-0.4, -0.2) is 18.6 Å². The minimum Gasteiger partial charge on any atom is -0.378 e. The second kappa shape index (κ2) is 4.08. The lowest BCUT2D eigenvalue weighted by molar-refractivity contribution is 0.00167. The lowest BCUT2D eigenvalue weighted by atomic mass is 10.3. The third-order valence-corrected chi connectivity index (χ3v) is 2.27. The zero-order valence-electron chi connectivity index (χ0n) is 7.09. The summed E-state index contributed by atoms with van der Waals surface area (Å²) in [6.07, 6.45) is 0. The summed E-state index contributed by atoms with van der Waals surface area (Å²) >= 11 is 1.14. The number of hydrogen-bond acceptors (Lipinski definition) is 4. The molecule has 0 atom stereocenters. The SMILES string of the molecule is COCc1nc(C(F)(F)CN)cs1. The molecule has 13 heavy (non-hydrogen) atoms. The van der Waals surface area contributed by atoms with Crippen molar-refractivity contribution in [3.8, 4) is 0 Å². The van der Waals surface area contributed by atoms with Crippen molar-refractivity contribution in [2.24, 2.45) is 5.73 Å². The molecule has 1 heterocycles. The Morgan fingerprint density at radius 2 is 2.38 bits per heavy atom. The molecule has 0 saturated heterocycles. The zero-order chi connectivity index (χ0) is 9.90. The van der Waals surface area contributed by atoms with Gasteiger partial charge in [-0.1, -0.05) is 0 Å². The number of nitrogens with zero attached hydrogens (tertiary/aromatic N) is 1. The molecule has 0 amide bonds. The summed E-state index contributed by atoms with van der Waals surface area (Å²) in [5.74, 6) is -3.03. The Kier molecular flexibility index (Phi) is 3.29. The quantitative estimate of drug-likeness (QED) is 0.812. The highest BCUT2D eigenvalue weighted by Crippen LogP contribution is 2.27. The van der Waals surface area contributed by atoms with Crippen molar-refractivity contribution in [2.45, 2.75) is 12.5 Å². The molecule has 0 radical (unpaired) electrons. The summed E-state index contributed by atoms with van der Waals surface area (Å²) in [5, 5.41) is 1.84. The highest BCUT2D eigenvalue weighted by Gasteiger charge is 2.32. The third kappa shape index (κ3) is 2.43. The van der Waals surface area contributed by atoms with Crippen LogP contribution in [0.15, 0.2) is 5.38 Å². The molecule has 0 spiro atoms. The van der Waals surface area contributed by atoms with Crippen LogP contribution < -0.4 is 5.73 Å². The Morgan fingerprint density at radius 3 is 2.92 bits per heavy atom. The van der Waals surface area contributed by atoms with Crippen LogP contribution in [0.3, 0.4) is 0 Å². The maximum atomic E-state index is 12.9. The van der Waals surface area contributed by atoms with Crippen molar-refractivity contribution in [2.75, 3.05) is 13.7 Å². The molecule has 0 aliphatic carbocycles. The fourth-order valence-electron chi connectivity index (χ4n) is 0.773. The summed E-state index contributed by atoms with van der Waals surface area (Å²) < 4.78 is 30.6. The van der Waals surface area contributed by atoms with Crippen molar-refractivity contribution in [1.82, 2.24) is 4.98 Å². The van der Waals surface area contributed by atoms with Crippen molar-refractivity contribution in [3.63, 3.8) is 0 Å². The van der Waals surface area contributed by atoms with Crippen molar-refractivity contribution in [3.05, 3.63) is 16.1 Å². The van der Waals surface area contributed by atoms with Gasteiger partial charge in [0.15, 0.2) is 0 Å². The number of halogens is 2. The second-order valence-electron chi connectivity index (χ2n) is 2.47. The normalized spacial score (nSPS) is 12.0. The first kappa shape index (κ1) is 10.5. The zero-order valence-corrected chi connectivity index (χ0v) is 7.91. The lowest BCUT2D eigenvalue weighted by Crippen LogP contribution is -2.25. The lowest BCUT2D eigenvalue weighted by Gasteiger charge is -2.09. The van der Waals surface area contributed by atoms with Gasteiger partial charge in [-0.05, 0) is 0 Å². The average Bonchev–Trinajstić information content (AvgIpc) is 2.54. The molecule has 6 heteroatoms. The Balaban J connectivity index is 2.79. The largest absolute Gasteiger partial charge is 0.378 e. The first-order valence-electron chi connectivity index (χ1n) is 3.62. The van der Waals surface area contributed by atoms with Gasteiger partial charge in [0.2, 0.25) is 0 Å². The van der Waals surface area contributed by atoms with E-state index in [2.05, 4.69) is 4.98 Å². The predicted octanol–water partition coefficient (Wildman–Crippen LogP) is 1.34. The van der Waals surface area contributed by atoms with E-state index in [-0.39, 0.29) is 12.3 Å². The molecular formula is C7H10F2N2OS. The smallest absolute Gasteiger partial charge is 0.302 e. The molecule has 74 valence electrons. The van der Waals surface area contributed by atoms with Gasteiger partial charge >= 0.3 is 5.92 Å². The van der Waals surface area contributed by atoms with Crippen molar-refractivity contribution >= 4 is 11.3 Å². The Hall–Kier alpha value is -0.590. The molecule has 1 aromatic rings. The number of aromatic nitrogens is 1. The van der Waals surface area contributed by atoms with Gasteiger partial charge in [-0.3, -0.25) is 0 Å². The molecule has 1 aromatic heterocycles. The van der Waals surface area contributed by atoms with E-state index in [9.17, 15) is 8.78 Å². The van der Waals surface area contributed by atoms with E-state index in [0.29, 0.717) is 5.01 Å². The van der Waals surface area contributed by atoms with Gasteiger partial charge < -0.3 is 10.5 Å². The second-order valence-corrected chi connectivity index (χ2v) is 3.41. The number of alkyl halides is 2. The number of nitrogens with two attached hydrogens (primary N) is 1. The van der Waals surface area contributed by atoms with E-state index in [1.54, 1.807) is 0 Å². The summed E-state index contributed by atoms with van der Waals surface area (Å²) in [4.78, 5) is 3.71. The van der Waals surface area contributed by atoms with Crippen LogP contribution in [0.4, 0.5) is 8.78 Å². The van der Waals surface area contributed by atoms with Gasteiger partial charge in [-0.15, -0.1) is 11.3 Å². The van der Waals surface area contributed by atoms with Crippen LogP contribution in [0.25, 0.3) is 0 Å². The molecule has 0 aliphatic heterocycles. The highest BCUT2D eigenvalue weighted by atomic mass is 32.1. The van der Waals surface area contributed by atoms with Gasteiger partial charge in [0, 0.05) is 12.5 Å². The summed E-state index contributed by atoms with van der Waals surface area (Å²) in [6.45, 7) is -0.464. The van der Waals surface area contributed by atoms with Crippen LogP contribution in [0.5, 0.6) is 0 Å². The van der Waals surface area contributed by atoms with E-state index >= 15 is 0 Å². The van der Waals surface area contributed by atoms with E-state index in [1.165, 1.54) is 12.5 Å². The van der Waals surface area contributed by atoms with E-state index in [0.717, 1.165) is 11.3 Å². The number of thiazole rings is 1. The molecule has 3 nitrogen and oxygen atoms in total. The standard InChI is InChI=1S/C7H10F2N2OS/c1-12-2-6-11-5(3-13-6)7(8,9)4-10/h3H,2,4,10H2,1H3. The Bertz CT molecular complexity index is 277. The maximum absolute atomic E-state index is 12.9. The van der Waals surface area contributed by atoms with Crippen LogP contribution in [0, 0.1) is 0 Å². The first-order chi connectivity index (χ1) is 6.10. The van der Waals surface area contributed by atoms with E-state index in [1.807, 2.05) is 0 Å². The number of hydrogen-bond donors (Lipinski definition) is 1. The van der Waals surface area contributed by atoms with E-state index < -0.39 is 12.5 Å². The first-order valence-corrected chi connectivity index (χ1v) is 4.50. The maximum Gasteiger partial charge on any atom is 0.302 e. The fourth-order valence-corrected chi connectivity index (χ4v) is 1.58. The monoisotopic (exact) mass is 208 g/mol. The molecule has 0 fully saturated rings.